The van der Waals surface area contributed by atoms with Gasteiger partial charge in [-0.05, 0) is 26.8 Å². The van der Waals surface area contributed by atoms with Crippen LogP contribution >= 0.6 is 0 Å². The Balaban J connectivity index is 2.33. The summed E-state index contributed by atoms with van der Waals surface area (Å²) in [5.41, 5.74) is 0. The first kappa shape index (κ1) is 13.1. The quantitative estimate of drug-likeness (QED) is 0.685. The average Bonchev–Trinajstić information content (AvgIpc) is 2.73. The van der Waals surface area contributed by atoms with Gasteiger partial charge in [0.2, 0.25) is 11.8 Å². The number of ether oxygens (including phenoxy) is 1. The van der Waals surface area contributed by atoms with Crippen LogP contribution in [-0.4, -0.2) is 30.0 Å². The normalized spacial score (nSPS) is 12.9. The van der Waals surface area contributed by atoms with Gasteiger partial charge >= 0.3 is 0 Å². The minimum absolute atomic E-state index is 0.123. The molecule has 0 bridgehead atoms. The van der Waals surface area contributed by atoms with E-state index in [0.29, 0.717) is 11.8 Å². The zero-order valence-corrected chi connectivity index (χ0v) is 10.3. The van der Waals surface area contributed by atoms with Crippen LogP contribution in [0, 0.1) is 0 Å². The third kappa shape index (κ3) is 4.28. The third-order valence-electron chi connectivity index (χ3n) is 2.25. The summed E-state index contributed by atoms with van der Waals surface area (Å²) in [5, 5.41) is 11.2. The minimum Gasteiger partial charge on any atom is -0.424 e. The lowest BCUT2D eigenvalue weighted by Gasteiger charge is -2.05. The summed E-state index contributed by atoms with van der Waals surface area (Å²) in [6.45, 7) is 8.45. The van der Waals surface area contributed by atoms with Crippen molar-refractivity contribution in [2.24, 2.45) is 0 Å². The van der Waals surface area contributed by atoms with E-state index in [1.54, 1.807) is 0 Å². The van der Waals surface area contributed by atoms with E-state index in [9.17, 15) is 0 Å². The van der Waals surface area contributed by atoms with Crippen molar-refractivity contribution in [1.82, 2.24) is 15.5 Å². The molecule has 0 fully saturated rings. The largest absolute Gasteiger partial charge is 0.424 e. The molecule has 5 nitrogen and oxygen atoms in total. The van der Waals surface area contributed by atoms with Gasteiger partial charge in [0.25, 0.3) is 0 Å². The van der Waals surface area contributed by atoms with Crippen molar-refractivity contribution < 1.29 is 9.15 Å². The van der Waals surface area contributed by atoms with Gasteiger partial charge in [-0.3, -0.25) is 0 Å². The van der Waals surface area contributed by atoms with E-state index in [1.807, 2.05) is 13.8 Å². The lowest BCUT2D eigenvalue weighted by atomic mass is 10.3. The summed E-state index contributed by atoms with van der Waals surface area (Å²) >= 11 is 0. The molecule has 0 spiro atoms. The smallest absolute Gasteiger partial charge is 0.233 e. The molecule has 0 radical (unpaired) electrons. The molecule has 1 aromatic heterocycles. The zero-order valence-electron chi connectivity index (χ0n) is 10.3. The second-order valence-electron chi connectivity index (χ2n) is 3.61. The molecule has 1 unspecified atom stereocenters. The molecule has 0 aliphatic carbocycles. The van der Waals surface area contributed by atoms with Crippen molar-refractivity contribution in [2.75, 3.05) is 19.8 Å². The van der Waals surface area contributed by atoms with Gasteiger partial charge in [0, 0.05) is 19.6 Å². The second-order valence-corrected chi connectivity index (χ2v) is 3.61. The maximum absolute atomic E-state index is 5.54. The fourth-order valence-electron chi connectivity index (χ4n) is 1.41. The first-order valence-electron chi connectivity index (χ1n) is 5.91. The van der Waals surface area contributed by atoms with Gasteiger partial charge in [0.15, 0.2) is 0 Å². The molecule has 1 atom stereocenters. The minimum atomic E-state index is 0.123. The molecule has 1 N–H and O–H groups in total. The van der Waals surface area contributed by atoms with E-state index < -0.39 is 0 Å². The van der Waals surface area contributed by atoms with Gasteiger partial charge in [-0.1, -0.05) is 6.92 Å². The molecule has 1 heterocycles. The number of rotatable bonds is 8. The molecular weight excluding hydrogens is 206 g/mol. The van der Waals surface area contributed by atoms with Crippen LogP contribution in [0.5, 0.6) is 0 Å². The van der Waals surface area contributed by atoms with Gasteiger partial charge < -0.3 is 14.5 Å². The summed E-state index contributed by atoms with van der Waals surface area (Å²) < 4.78 is 10.8. The number of aromatic nitrogens is 2. The Hall–Kier alpha value is -0.940. The van der Waals surface area contributed by atoms with Crippen LogP contribution in [0.4, 0.5) is 0 Å². The highest BCUT2D eigenvalue weighted by molar-refractivity contribution is 4.88. The number of nitrogens with zero attached hydrogens (tertiary/aromatic N) is 2. The fraction of sp³-hybridized carbons (Fsp3) is 0.818. The predicted molar refractivity (Wildman–Crippen MR) is 61.2 cm³/mol. The lowest BCUT2D eigenvalue weighted by molar-refractivity contribution is 0.143. The first-order valence-corrected chi connectivity index (χ1v) is 5.91. The molecule has 0 aromatic carbocycles. The second kappa shape index (κ2) is 7.35. The summed E-state index contributed by atoms with van der Waals surface area (Å²) in [6, 6.07) is 0.123. The van der Waals surface area contributed by atoms with E-state index in [4.69, 9.17) is 9.15 Å². The standard InChI is InChI=1S/C11H21N3O2/c1-4-12-9(3)11-14-13-10(16-11)7-6-8-15-5-2/h9,12H,4-8H2,1-3H3. The van der Waals surface area contributed by atoms with E-state index in [1.165, 1.54) is 0 Å². The Bertz CT molecular complexity index is 289. The average molecular weight is 227 g/mol. The van der Waals surface area contributed by atoms with E-state index in [-0.39, 0.29) is 6.04 Å². The van der Waals surface area contributed by atoms with Crippen molar-refractivity contribution >= 4 is 0 Å². The van der Waals surface area contributed by atoms with E-state index in [2.05, 4.69) is 22.4 Å². The summed E-state index contributed by atoms with van der Waals surface area (Å²) in [5.74, 6) is 1.35. The molecule has 0 aliphatic heterocycles. The summed E-state index contributed by atoms with van der Waals surface area (Å²) in [7, 11) is 0. The van der Waals surface area contributed by atoms with E-state index >= 15 is 0 Å². The highest BCUT2D eigenvalue weighted by Gasteiger charge is 2.12. The van der Waals surface area contributed by atoms with Crippen molar-refractivity contribution in [3.8, 4) is 0 Å². The van der Waals surface area contributed by atoms with Crippen molar-refractivity contribution in [2.45, 2.75) is 39.7 Å². The molecule has 5 heteroatoms. The Labute approximate surface area is 96.6 Å². The van der Waals surface area contributed by atoms with Gasteiger partial charge in [-0.2, -0.15) is 0 Å². The number of nitrogens with one attached hydrogen (secondary N) is 1. The van der Waals surface area contributed by atoms with Crippen LogP contribution < -0.4 is 5.32 Å². The van der Waals surface area contributed by atoms with Gasteiger partial charge in [0.05, 0.1) is 6.04 Å². The molecule has 92 valence electrons. The molecule has 0 aliphatic rings. The number of hydrogen-bond donors (Lipinski definition) is 1. The third-order valence-corrected chi connectivity index (χ3v) is 2.25. The number of hydrogen-bond acceptors (Lipinski definition) is 5. The van der Waals surface area contributed by atoms with Crippen molar-refractivity contribution in [3.63, 3.8) is 0 Å². The molecule has 1 rings (SSSR count). The monoisotopic (exact) mass is 227 g/mol. The first-order chi connectivity index (χ1) is 7.77. The van der Waals surface area contributed by atoms with Crippen LogP contribution in [0.25, 0.3) is 0 Å². The van der Waals surface area contributed by atoms with Gasteiger partial charge in [-0.15, -0.1) is 10.2 Å². The lowest BCUT2D eigenvalue weighted by Crippen LogP contribution is -2.17. The van der Waals surface area contributed by atoms with Crippen LogP contribution in [0.1, 0.15) is 45.0 Å². The molecule has 1 aromatic rings. The summed E-state index contributed by atoms with van der Waals surface area (Å²) in [6.07, 6.45) is 1.71. The molecule has 0 amide bonds. The van der Waals surface area contributed by atoms with Crippen LogP contribution in [0.15, 0.2) is 4.42 Å². The van der Waals surface area contributed by atoms with Gasteiger partial charge in [0.1, 0.15) is 0 Å². The topological polar surface area (TPSA) is 60.2 Å². The van der Waals surface area contributed by atoms with Crippen LogP contribution in [-0.2, 0) is 11.2 Å². The molecule has 0 saturated carbocycles. The zero-order chi connectivity index (χ0) is 11.8. The van der Waals surface area contributed by atoms with Crippen LogP contribution in [0.2, 0.25) is 0 Å². The summed E-state index contributed by atoms with van der Waals surface area (Å²) in [4.78, 5) is 0. The van der Waals surface area contributed by atoms with Crippen LogP contribution in [0.3, 0.4) is 0 Å². The Morgan fingerprint density at radius 3 is 2.88 bits per heavy atom. The molecule has 16 heavy (non-hydrogen) atoms. The predicted octanol–water partition coefficient (Wildman–Crippen LogP) is 1.71. The molecular formula is C11H21N3O2. The van der Waals surface area contributed by atoms with Gasteiger partial charge in [-0.25, -0.2) is 0 Å². The Kier molecular flexibility index (Phi) is 6.03. The molecule has 0 saturated heterocycles. The van der Waals surface area contributed by atoms with Crippen molar-refractivity contribution in [1.29, 1.82) is 0 Å². The maximum atomic E-state index is 5.54. The Morgan fingerprint density at radius 2 is 2.19 bits per heavy atom. The Morgan fingerprint density at radius 1 is 1.38 bits per heavy atom. The van der Waals surface area contributed by atoms with E-state index in [0.717, 1.165) is 32.6 Å². The van der Waals surface area contributed by atoms with Crippen molar-refractivity contribution in [3.05, 3.63) is 11.8 Å². The highest BCUT2D eigenvalue weighted by atomic mass is 16.5. The number of aryl methyl sites for hydroxylation is 1. The fourth-order valence-corrected chi connectivity index (χ4v) is 1.41. The SMILES string of the molecule is CCNC(C)c1nnc(CCCOCC)o1. The maximum Gasteiger partial charge on any atom is 0.233 e. The highest BCUT2D eigenvalue weighted by Crippen LogP contribution is 2.11.